The van der Waals surface area contributed by atoms with Crippen LogP contribution in [0.5, 0.6) is 0 Å². The molecule has 0 aromatic carbocycles. The smallest absolute Gasteiger partial charge is 0.203 e. The first-order chi connectivity index (χ1) is 11.2. The normalized spacial score (nSPS) is 24.3. The Kier molecular flexibility index (Phi) is 3.63. The minimum absolute atomic E-state index is 0.133. The van der Waals surface area contributed by atoms with Gasteiger partial charge in [-0.1, -0.05) is 13.8 Å². The summed E-state index contributed by atoms with van der Waals surface area (Å²) in [6.45, 7) is 5.83. The molecule has 0 radical (unpaired) electrons. The second-order valence-corrected chi connectivity index (χ2v) is 8.60. The van der Waals surface area contributed by atoms with E-state index >= 15 is 0 Å². The molecule has 7 heteroatoms. The van der Waals surface area contributed by atoms with E-state index in [2.05, 4.69) is 38.3 Å². The monoisotopic (exact) mass is 333 g/mol. The van der Waals surface area contributed by atoms with Crippen LogP contribution in [0, 0.1) is 0 Å². The van der Waals surface area contributed by atoms with Crippen molar-refractivity contribution in [3.8, 4) is 0 Å². The lowest BCUT2D eigenvalue weighted by molar-refractivity contribution is 0.494. The Bertz CT molecular complexity index is 750. The second kappa shape index (κ2) is 5.54. The molecule has 0 spiro atoms. The molecule has 2 aliphatic rings. The van der Waals surface area contributed by atoms with E-state index in [0.29, 0.717) is 11.7 Å². The first-order valence-electron chi connectivity index (χ1n) is 8.51. The third kappa shape index (κ3) is 2.36. The number of hydrogen-bond donors (Lipinski definition) is 0. The topological polar surface area (TPSA) is 63.4 Å². The van der Waals surface area contributed by atoms with Crippen molar-refractivity contribution in [3.63, 3.8) is 0 Å². The zero-order valence-corrected chi connectivity index (χ0v) is 14.6. The first-order valence-corrected chi connectivity index (χ1v) is 9.83. The summed E-state index contributed by atoms with van der Waals surface area (Å²) >= 11 is 0. The van der Waals surface area contributed by atoms with E-state index in [9.17, 15) is 4.21 Å². The average Bonchev–Trinajstić information content (AvgIpc) is 3.34. The lowest BCUT2D eigenvalue weighted by Gasteiger charge is -2.41. The van der Waals surface area contributed by atoms with Gasteiger partial charge in [0, 0.05) is 48.0 Å². The van der Waals surface area contributed by atoms with Crippen LogP contribution in [-0.4, -0.2) is 47.4 Å². The van der Waals surface area contributed by atoms with Crippen molar-refractivity contribution in [1.29, 1.82) is 0 Å². The highest BCUT2D eigenvalue weighted by Crippen LogP contribution is 2.39. The average molecular weight is 333 g/mol. The summed E-state index contributed by atoms with van der Waals surface area (Å²) in [6.07, 6.45) is 8.06. The Hall–Kier alpha value is -1.50. The maximum Gasteiger partial charge on any atom is 0.203 e. The van der Waals surface area contributed by atoms with Gasteiger partial charge in [-0.3, -0.25) is 8.61 Å². The van der Waals surface area contributed by atoms with E-state index in [1.54, 1.807) is 0 Å². The van der Waals surface area contributed by atoms with Crippen LogP contribution in [0.4, 0.5) is 5.82 Å². The van der Waals surface area contributed by atoms with E-state index in [-0.39, 0.29) is 4.75 Å². The molecule has 0 bridgehead atoms. The molecule has 1 saturated carbocycles. The van der Waals surface area contributed by atoms with Crippen LogP contribution in [0.3, 0.4) is 0 Å². The largest absolute Gasteiger partial charge is 0.351 e. The number of fused-ring (bicyclic) bond motifs is 1. The predicted molar refractivity (Wildman–Crippen MR) is 91.3 cm³/mol. The molecule has 1 aliphatic heterocycles. The summed E-state index contributed by atoms with van der Waals surface area (Å²) in [6, 6.07) is 0. The van der Waals surface area contributed by atoms with Crippen molar-refractivity contribution in [3.05, 3.63) is 18.2 Å². The van der Waals surface area contributed by atoms with E-state index in [0.717, 1.165) is 43.2 Å². The third-order valence-electron chi connectivity index (χ3n) is 5.37. The molecule has 23 heavy (non-hydrogen) atoms. The van der Waals surface area contributed by atoms with Crippen LogP contribution in [0.25, 0.3) is 5.65 Å². The number of anilines is 1. The van der Waals surface area contributed by atoms with Gasteiger partial charge in [-0.25, -0.2) is 4.98 Å². The summed E-state index contributed by atoms with van der Waals surface area (Å²) in [4.78, 5) is 6.85. The van der Waals surface area contributed by atoms with Crippen LogP contribution in [0.15, 0.2) is 12.4 Å². The third-order valence-corrected chi connectivity index (χ3v) is 7.60. The minimum Gasteiger partial charge on any atom is -0.351 e. The molecule has 0 N–H and O–H groups in total. The van der Waals surface area contributed by atoms with Gasteiger partial charge in [-0.05, 0) is 25.7 Å². The molecule has 6 nitrogen and oxygen atoms in total. The Labute approximate surface area is 138 Å². The molecule has 1 atom stereocenters. The van der Waals surface area contributed by atoms with Crippen LogP contribution < -0.4 is 4.90 Å². The SMILES string of the molecule is CCC1(CC)CN(c2nccn3c(C4CC4)nnc23)CCS1=O. The molecule has 2 aromatic heterocycles. The van der Waals surface area contributed by atoms with Gasteiger partial charge in [0.15, 0.2) is 5.82 Å². The summed E-state index contributed by atoms with van der Waals surface area (Å²) in [5, 5.41) is 8.80. The van der Waals surface area contributed by atoms with Crippen molar-refractivity contribution < 1.29 is 4.21 Å². The summed E-state index contributed by atoms with van der Waals surface area (Å²) in [5.74, 6) is 3.20. The fourth-order valence-electron chi connectivity index (χ4n) is 3.56. The van der Waals surface area contributed by atoms with E-state index in [1.807, 2.05) is 12.4 Å². The molecular weight excluding hydrogens is 310 g/mol. The Morgan fingerprint density at radius 1 is 1.30 bits per heavy atom. The van der Waals surface area contributed by atoms with Gasteiger partial charge < -0.3 is 4.90 Å². The number of rotatable bonds is 4. The molecule has 3 heterocycles. The van der Waals surface area contributed by atoms with Gasteiger partial charge in [0.1, 0.15) is 5.82 Å². The Morgan fingerprint density at radius 2 is 2.09 bits per heavy atom. The molecule has 2 aromatic rings. The van der Waals surface area contributed by atoms with E-state index in [1.165, 1.54) is 12.8 Å². The lowest BCUT2D eigenvalue weighted by atomic mass is 10.0. The highest BCUT2D eigenvalue weighted by molar-refractivity contribution is 7.86. The summed E-state index contributed by atoms with van der Waals surface area (Å²) in [5.41, 5.74) is 0.836. The number of aromatic nitrogens is 4. The molecule has 1 saturated heterocycles. The van der Waals surface area contributed by atoms with Gasteiger partial charge in [0.05, 0.1) is 4.75 Å². The zero-order chi connectivity index (χ0) is 16.0. The molecule has 1 unspecified atom stereocenters. The fourth-order valence-corrected chi connectivity index (χ4v) is 5.32. The van der Waals surface area contributed by atoms with Crippen LogP contribution in [0.1, 0.15) is 51.3 Å². The van der Waals surface area contributed by atoms with Crippen LogP contribution in [-0.2, 0) is 10.8 Å². The predicted octanol–water partition coefficient (Wildman–Crippen LogP) is 2.13. The van der Waals surface area contributed by atoms with Gasteiger partial charge >= 0.3 is 0 Å². The van der Waals surface area contributed by atoms with Crippen LogP contribution in [0.2, 0.25) is 0 Å². The van der Waals surface area contributed by atoms with E-state index in [4.69, 9.17) is 0 Å². The van der Waals surface area contributed by atoms with Crippen molar-refractivity contribution in [2.45, 2.75) is 50.2 Å². The number of nitrogens with zero attached hydrogens (tertiary/aromatic N) is 5. The lowest BCUT2D eigenvalue weighted by Crippen LogP contribution is -2.53. The maximum absolute atomic E-state index is 12.6. The van der Waals surface area contributed by atoms with Gasteiger partial charge in [0.25, 0.3) is 0 Å². The summed E-state index contributed by atoms with van der Waals surface area (Å²) in [7, 11) is -0.769. The molecule has 0 amide bonds. The second-order valence-electron chi connectivity index (χ2n) is 6.64. The fraction of sp³-hybridized carbons (Fsp3) is 0.688. The van der Waals surface area contributed by atoms with Gasteiger partial charge in [0.2, 0.25) is 5.65 Å². The molecule has 1 aliphatic carbocycles. The summed E-state index contributed by atoms with van der Waals surface area (Å²) < 4.78 is 14.5. The molecule has 2 fully saturated rings. The van der Waals surface area contributed by atoms with Crippen molar-refractivity contribution in [2.75, 3.05) is 23.7 Å². The van der Waals surface area contributed by atoms with Gasteiger partial charge in [-0.15, -0.1) is 10.2 Å². The van der Waals surface area contributed by atoms with Gasteiger partial charge in [-0.2, -0.15) is 0 Å². The highest BCUT2D eigenvalue weighted by atomic mass is 32.2. The standard InChI is InChI=1S/C16H23N5OS/c1-3-16(4-2)11-20(9-10-23(16)22)14-15-19-18-13(12-5-6-12)21(15)8-7-17-14/h7-8,12H,3-6,9-11H2,1-2H3. The molecule has 124 valence electrons. The number of hydrogen-bond acceptors (Lipinski definition) is 5. The molecular formula is C16H23N5OS. The van der Waals surface area contributed by atoms with Crippen molar-refractivity contribution >= 4 is 22.3 Å². The zero-order valence-electron chi connectivity index (χ0n) is 13.7. The van der Waals surface area contributed by atoms with Crippen LogP contribution >= 0.6 is 0 Å². The maximum atomic E-state index is 12.6. The first kappa shape index (κ1) is 15.1. The van der Waals surface area contributed by atoms with E-state index < -0.39 is 10.8 Å². The Morgan fingerprint density at radius 3 is 2.78 bits per heavy atom. The molecule has 4 rings (SSSR count). The quantitative estimate of drug-likeness (QED) is 0.858. The van der Waals surface area contributed by atoms with Crippen molar-refractivity contribution in [1.82, 2.24) is 19.6 Å². The minimum atomic E-state index is -0.769. The van der Waals surface area contributed by atoms with Crippen molar-refractivity contribution in [2.24, 2.45) is 0 Å². The highest BCUT2D eigenvalue weighted by Gasteiger charge is 2.40. The Balaban J connectivity index is 1.73.